The topological polar surface area (TPSA) is 80.3 Å². The van der Waals surface area contributed by atoms with Gasteiger partial charge in [-0.3, -0.25) is 14.6 Å². The standard InChI is InChI=1S/C17H19N3O3/c1-12(21)13-3-5-15(6-4-13)20-16-9-14(10-18-11-16)17(22)19-7-8-23-2/h3-6,9-11,20H,7-8H2,1-2H3,(H,19,22). The Balaban J connectivity index is 2.04. The molecule has 120 valence electrons. The smallest absolute Gasteiger partial charge is 0.253 e. The summed E-state index contributed by atoms with van der Waals surface area (Å²) >= 11 is 0. The van der Waals surface area contributed by atoms with Crippen molar-refractivity contribution in [3.05, 3.63) is 53.9 Å². The molecule has 0 unspecified atom stereocenters. The minimum Gasteiger partial charge on any atom is -0.383 e. The van der Waals surface area contributed by atoms with Crippen molar-refractivity contribution in [1.82, 2.24) is 10.3 Å². The molecular weight excluding hydrogens is 294 g/mol. The van der Waals surface area contributed by atoms with Crippen LogP contribution in [0.2, 0.25) is 0 Å². The lowest BCUT2D eigenvalue weighted by molar-refractivity contribution is 0.0936. The Morgan fingerprint density at radius 2 is 1.83 bits per heavy atom. The van der Waals surface area contributed by atoms with Gasteiger partial charge in [-0.15, -0.1) is 0 Å². The van der Waals surface area contributed by atoms with Crippen LogP contribution in [0.15, 0.2) is 42.7 Å². The summed E-state index contributed by atoms with van der Waals surface area (Å²) in [5.74, 6) is -0.182. The summed E-state index contributed by atoms with van der Waals surface area (Å²) in [7, 11) is 1.58. The van der Waals surface area contributed by atoms with E-state index in [1.807, 2.05) is 12.1 Å². The number of benzene rings is 1. The molecule has 2 N–H and O–H groups in total. The zero-order valence-electron chi connectivity index (χ0n) is 13.1. The van der Waals surface area contributed by atoms with Crippen molar-refractivity contribution in [3.8, 4) is 0 Å². The molecule has 0 spiro atoms. The van der Waals surface area contributed by atoms with E-state index in [2.05, 4.69) is 15.6 Å². The van der Waals surface area contributed by atoms with Gasteiger partial charge < -0.3 is 15.4 Å². The summed E-state index contributed by atoms with van der Waals surface area (Å²) in [5, 5.41) is 5.90. The number of ether oxygens (including phenoxy) is 1. The first-order chi connectivity index (χ1) is 11.1. The number of aromatic nitrogens is 1. The van der Waals surface area contributed by atoms with Crippen LogP contribution in [0.4, 0.5) is 11.4 Å². The molecule has 2 rings (SSSR count). The molecule has 1 heterocycles. The number of carbonyl (C=O) groups excluding carboxylic acids is 2. The number of anilines is 2. The number of ketones is 1. The lowest BCUT2D eigenvalue weighted by Gasteiger charge is -2.09. The second-order valence-corrected chi connectivity index (χ2v) is 4.97. The van der Waals surface area contributed by atoms with Gasteiger partial charge in [-0.2, -0.15) is 0 Å². The highest BCUT2D eigenvalue weighted by molar-refractivity contribution is 5.95. The Bertz CT molecular complexity index is 684. The van der Waals surface area contributed by atoms with Crippen molar-refractivity contribution in [2.45, 2.75) is 6.92 Å². The molecule has 0 saturated heterocycles. The van der Waals surface area contributed by atoms with Crippen molar-refractivity contribution in [1.29, 1.82) is 0 Å². The van der Waals surface area contributed by atoms with Crippen LogP contribution in [0.5, 0.6) is 0 Å². The van der Waals surface area contributed by atoms with Crippen LogP contribution < -0.4 is 10.6 Å². The molecule has 0 aliphatic rings. The quantitative estimate of drug-likeness (QED) is 0.606. The largest absolute Gasteiger partial charge is 0.383 e. The van der Waals surface area contributed by atoms with Crippen molar-refractivity contribution in [3.63, 3.8) is 0 Å². The first-order valence-corrected chi connectivity index (χ1v) is 7.20. The summed E-state index contributed by atoms with van der Waals surface area (Å²) in [4.78, 5) is 27.3. The van der Waals surface area contributed by atoms with E-state index in [4.69, 9.17) is 4.74 Å². The molecule has 0 saturated carbocycles. The van der Waals surface area contributed by atoms with Gasteiger partial charge in [-0.1, -0.05) is 0 Å². The third-order valence-corrected chi connectivity index (χ3v) is 3.17. The number of hydrogen-bond donors (Lipinski definition) is 2. The van der Waals surface area contributed by atoms with Gasteiger partial charge in [0, 0.05) is 31.1 Å². The molecule has 0 bridgehead atoms. The van der Waals surface area contributed by atoms with Crippen molar-refractivity contribution in [2.24, 2.45) is 0 Å². The molecule has 1 amide bonds. The van der Waals surface area contributed by atoms with E-state index in [0.29, 0.717) is 30.0 Å². The van der Waals surface area contributed by atoms with Gasteiger partial charge in [-0.05, 0) is 37.3 Å². The Morgan fingerprint density at radius 3 is 2.48 bits per heavy atom. The first kappa shape index (κ1) is 16.6. The second-order valence-electron chi connectivity index (χ2n) is 4.97. The molecule has 2 aromatic rings. The van der Waals surface area contributed by atoms with Gasteiger partial charge in [0.05, 0.1) is 24.1 Å². The summed E-state index contributed by atoms with van der Waals surface area (Å²) in [6.45, 7) is 2.43. The lowest BCUT2D eigenvalue weighted by Crippen LogP contribution is -2.27. The van der Waals surface area contributed by atoms with Gasteiger partial charge >= 0.3 is 0 Å². The summed E-state index contributed by atoms with van der Waals surface area (Å²) < 4.78 is 4.89. The van der Waals surface area contributed by atoms with Crippen LogP contribution in [0.3, 0.4) is 0 Å². The molecule has 1 aromatic carbocycles. The average molecular weight is 313 g/mol. The predicted molar refractivity (Wildman–Crippen MR) is 88.2 cm³/mol. The van der Waals surface area contributed by atoms with E-state index >= 15 is 0 Å². The van der Waals surface area contributed by atoms with Crippen LogP contribution in [0.1, 0.15) is 27.6 Å². The van der Waals surface area contributed by atoms with Crippen LogP contribution in [-0.2, 0) is 4.74 Å². The molecule has 0 radical (unpaired) electrons. The second kappa shape index (κ2) is 8.05. The minimum atomic E-state index is -0.204. The zero-order chi connectivity index (χ0) is 16.7. The number of nitrogens with one attached hydrogen (secondary N) is 2. The Morgan fingerprint density at radius 1 is 1.09 bits per heavy atom. The maximum absolute atomic E-state index is 12.0. The zero-order valence-corrected chi connectivity index (χ0v) is 13.1. The number of amides is 1. The van der Waals surface area contributed by atoms with Gasteiger partial charge in [0.25, 0.3) is 5.91 Å². The molecular formula is C17H19N3O3. The van der Waals surface area contributed by atoms with Crippen LogP contribution in [0.25, 0.3) is 0 Å². The van der Waals surface area contributed by atoms with Gasteiger partial charge in [0.2, 0.25) is 0 Å². The van der Waals surface area contributed by atoms with Crippen LogP contribution >= 0.6 is 0 Å². The SMILES string of the molecule is COCCNC(=O)c1cncc(Nc2ccc(C(C)=O)cc2)c1. The maximum atomic E-state index is 12.0. The van der Waals surface area contributed by atoms with Gasteiger partial charge in [0.15, 0.2) is 5.78 Å². The number of Topliss-reactive ketones (excluding diaryl/α,β-unsaturated/α-hetero) is 1. The summed E-state index contributed by atoms with van der Waals surface area (Å²) in [6, 6.07) is 8.83. The molecule has 0 aliphatic heterocycles. The molecule has 0 fully saturated rings. The van der Waals surface area contributed by atoms with Crippen LogP contribution in [0, 0.1) is 0 Å². The summed E-state index contributed by atoms with van der Waals surface area (Å²) in [5.41, 5.74) is 2.63. The summed E-state index contributed by atoms with van der Waals surface area (Å²) in [6.07, 6.45) is 3.14. The average Bonchev–Trinajstić information content (AvgIpc) is 2.56. The van der Waals surface area contributed by atoms with E-state index < -0.39 is 0 Å². The van der Waals surface area contributed by atoms with E-state index in [1.54, 1.807) is 31.5 Å². The molecule has 0 atom stereocenters. The number of carbonyl (C=O) groups is 2. The van der Waals surface area contributed by atoms with Crippen molar-refractivity contribution in [2.75, 3.05) is 25.6 Å². The Hall–Kier alpha value is -2.73. The normalized spacial score (nSPS) is 10.2. The first-order valence-electron chi connectivity index (χ1n) is 7.20. The fourth-order valence-electron chi connectivity index (χ4n) is 1.96. The minimum absolute atomic E-state index is 0.0212. The Labute approximate surface area is 134 Å². The maximum Gasteiger partial charge on any atom is 0.253 e. The third-order valence-electron chi connectivity index (χ3n) is 3.17. The van der Waals surface area contributed by atoms with E-state index in [9.17, 15) is 9.59 Å². The molecule has 1 aromatic heterocycles. The number of methoxy groups -OCH3 is 1. The van der Waals surface area contributed by atoms with Crippen LogP contribution in [-0.4, -0.2) is 36.9 Å². The molecule has 23 heavy (non-hydrogen) atoms. The lowest BCUT2D eigenvalue weighted by atomic mass is 10.1. The number of hydrogen-bond acceptors (Lipinski definition) is 5. The molecule has 6 nitrogen and oxygen atoms in total. The highest BCUT2D eigenvalue weighted by Gasteiger charge is 2.07. The fraction of sp³-hybridized carbons (Fsp3) is 0.235. The fourth-order valence-corrected chi connectivity index (χ4v) is 1.96. The number of nitrogens with zero attached hydrogens (tertiary/aromatic N) is 1. The third kappa shape index (κ3) is 4.89. The Kier molecular flexibility index (Phi) is 5.82. The van der Waals surface area contributed by atoms with E-state index in [1.165, 1.54) is 13.1 Å². The molecule has 6 heteroatoms. The highest BCUT2D eigenvalue weighted by Crippen LogP contribution is 2.17. The predicted octanol–water partition coefficient (Wildman–Crippen LogP) is 2.40. The highest BCUT2D eigenvalue weighted by atomic mass is 16.5. The van der Waals surface area contributed by atoms with E-state index in [0.717, 1.165) is 5.69 Å². The molecule has 0 aliphatic carbocycles. The monoisotopic (exact) mass is 313 g/mol. The number of pyridine rings is 1. The van der Waals surface area contributed by atoms with Crippen molar-refractivity contribution >= 4 is 23.1 Å². The van der Waals surface area contributed by atoms with E-state index in [-0.39, 0.29) is 11.7 Å². The van der Waals surface area contributed by atoms with Crippen molar-refractivity contribution < 1.29 is 14.3 Å². The van der Waals surface area contributed by atoms with Gasteiger partial charge in [-0.25, -0.2) is 0 Å². The number of rotatable bonds is 7. The van der Waals surface area contributed by atoms with Gasteiger partial charge in [0.1, 0.15) is 0 Å².